The fraction of sp³-hybridized carbons (Fsp3) is 0. The van der Waals surface area contributed by atoms with Gasteiger partial charge in [0.05, 0.1) is 66.2 Å². The lowest BCUT2D eigenvalue weighted by Crippen LogP contribution is -1.98. The van der Waals surface area contributed by atoms with E-state index in [9.17, 15) is 0 Å². The van der Waals surface area contributed by atoms with Gasteiger partial charge in [-0.25, -0.2) is 0 Å². The van der Waals surface area contributed by atoms with E-state index in [2.05, 4.69) is 513 Å². The summed E-state index contributed by atoms with van der Waals surface area (Å²) in [7, 11) is 0. The summed E-state index contributed by atoms with van der Waals surface area (Å²) in [6.45, 7) is 0. The fourth-order valence-corrected chi connectivity index (χ4v) is 23.8. The molecule has 147 heavy (non-hydrogen) atoms. The van der Waals surface area contributed by atoms with Gasteiger partial charge in [0.2, 0.25) is 0 Å². The second-order valence-corrected chi connectivity index (χ2v) is 38.4. The molecule has 9 nitrogen and oxygen atoms in total. The highest BCUT2D eigenvalue weighted by Crippen LogP contribution is 2.49. The minimum atomic E-state index is 0.912. The van der Waals surface area contributed by atoms with Crippen LogP contribution in [0.25, 0.3) is 286 Å². The van der Waals surface area contributed by atoms with Crippen LogP contribution in [0.3, 0.4) is 0 Å². The van der Waals surface area contributed by atoms with Gasteiger partial charge >= 0.3 is 0 Å². The molecule has 32 aromatic rings. The van der Waals surface area contributed by atoms with Gasteiger partial charge in [-0.15, -0.1) is 0 Å². The molecule has 0 spiro atoms. The van der Waals surface area contributed by atoms with Crippen molar-refractivity contribution in [2.24, 2.45) is 0 Å². The summed E-state index contributed by atoms with van der Waals surface area (Å²) >= 11 is 0. The van der Waals surface area contributed by atoms with Crippen LogP contribution >= 0.6 is 0 Å². The maximum atomic E-state index is 6.33. The van der Waals surface area contributed by atoms with Crippen LogP contribution in [0.2, 0.25) is 0 Å². The third-order valence-electron chi connectivity index (χ3n) is 30.4. The summed E-state index contributed by atoms with van der Waals surface area (Å²) in [6, 6.07) is 188. The topological polar surface area (TPSA) is 69.0 Å². The van der Waals surface area contributed by atoms with Gasteiger partial charge in [0.1, 0.15) is 33.5 Å². The van der Waals surface area contributed by atoms with Crippen molar-refractivity contribution in [3.05, 3.63) is 522 Å². The minimum absolute atomic E-state index is 0.912. The smallest absolute Gasteiger partial charge is 0.143 e. The Morgan fingerprint density at radius 2 is 0.340 bits per heavy atom. The van der Waals surface area contributed by atoms with Gasteiger partial charge in [-0.1, -0.05) is 370 Å². The van der Waals surface area contributed by atoms with Crippen molar-refractivity contribution in [3.63, 3.8) is 0 Å². The summed E-state index contributed by atoms with van der Waals surface area (Å²) in [5, 5.41) is 21.9. The molecule has 0 amide bonds. The summed E-state index contributed by atoms with van der Waals surface area (Å²) in [5.74, 6) is 0. The average Bonchev–Trinajstić information content (AvgIpc) is 1.55. The van der Waals surface area contributed by atoms with E-state index in [1.165, 1.54) is 175 Å². The largest absolute Gasteiger partial charge is 0.456 e. The van der Waals surface area contributed by atoms with Crippen LogP contribution < -0.4 is 0 Å². The first-order chi connectivity index (χ1) is 72.9. The molecule has 0 saturated heterocycles. The predicted molar refractivity (Wildman–Crippen MR) is 614 cm³/mol. The van der Waals surface area contributed by atoms with E-state index in [1.807, 2.05) is 36.4 Å². The first-order valence-electron chi connectivity index (χ1n) is 50.2. The number of benzene rings is 23. The zero-order valence-corrected chi connectivity index (χ0v) is 79.6. The SMILES string of the molecule is c1ccc(-n2c3ccccc3c3ccc4c5ccccc5n(-c5ccc(-c6ccc(-c7ccc8oc9ccccc9c8c7)cc6)cc5)c4c32)cc1.c1ccc(-n2c3ccccc3c3ccc4c5ccccc5n(-c5ccc(-c6ccc(-c7cccc8c7oc7ccccc78)cc6)cc5)c4c32)cc1.c1ccc(-n2c3ccccc3c3ccc4c5ccccc5n(-c5cccc(-c6ccc7oc8ccccc8c7c6)c5)c4c32)cc1. The van der Waals surface area contributed by atoms with Crippen molar-refractivity contribution in [2.75, 3.05) is 0 Å². The number of nitrogens with zero attached hydrogens (tertiary/aromatic N) is 6. The molecule has 0 N–H and O–H groups in total. The predicted octanol–water partition coefficient (Wildman–Crippen LogP) is 37.7. The lowest BCUT2D eigenvalue weighted by atomic mass is 9.98. The molecular weight excluding hydrogens is 1790 g/mol. The molecule has 9 heteroatoms. The van der Waals surface area contributed by atoms with Crippen LogP contribution in [-0.4, -0.2) is 27.4 Å². The van der Waals surface area contributed by atoms with Gasteiger partial charge in [0.15, 0.2) is 0 Å². The van der Waals surface area contributed by atoms with Crippen molar-refractivity contribution >= 4 is 197 Å². The molecule has 0 saturated carbocycles. The fourth-order valence-electron chi connectivity index (χ4n) is 23.8. The number of furan rings is 3. The van der Waals surface area contributed by atoms with Gasteiger partial charge < -0.3 is 40.7 Å². The molecule has 0 unspecified atom stereocenters. The van der Waals surface area contributed by atoms with Gasteiger partial charge in [0, 0.05) is 137 Å². The quantitative estimate of drug-likeness (QED) is 0.130. The number of para-hydroxylation sites is 13. The number of fused-ring (bicyclic) bond motifs is 30. The van der Waals surface area contributed by atoms with Crippen LogP contribution in [-0.2, 0) is 0 Å². The molecule has 23 aromatic carbocycles. The Hall–Kier alpha value is -19.7. The van der Waals surface area contributed by atoms with Crippen LogP contribution in [0.15, 0.2) is 535 Å². The molecule has 0 aliphatic carbocycles. The zero-order chi connectivity index (χ0) is 96.4. The van der Waals surface area contributed by atoms with Crippen LogP contribution in [0.1, 0.15) is 0 Å². The summed E-state index contributed by atoms with van der Waals surface area (Å²) < 4.78 is 33.2. The molecule has 9 aromatic heterocycles. The van der Waals surface area contributed by atoms with E-state index < -0.39 is 0 Å². The Labute approximate surface area is 842 Å². The van der Waals surface area contributed by atoms with E-state index in [0.717, 1.165) is 111 Å². The minimum Gasteiger partial charge on any atom is -0.456 e. The Balaban J connectivity index is 0.000000102. The average molecular weight is 1880 g/mol. The normalized spacial score (nSPS) is 11.9. The Bertz CT molecular complexity index is 10900. The van der Waals surface area contributed by atoms with Crippen molar-refractivity contribution in [1.82, 2.24) is 27.4 Å². The Kier molecular flexibility index (Phi) is 18.9. The molecule has 0 fully saturated rings. The van der Waals surface area contributed by atoms with Gasteiger partial charge in [-0.3, -0.25) is 0 Å². The van der Waals surface area contributed by atoms with Gasteiger partial charge in [-0.2, -0.15) is 0 Å². The molecule has 32 rings (SSSR count). The third-order valence-corrected chi connectivity index (χ3v) is 30.4. The molecule has 0 bridgehead atoms. The standard InChI is InChI=1S/2C48H30N2O.C42H26N2O/c1-2-11-34(12-3-1)49-43-18-7-4-13-37(43)40-29-30-41-38-14-5-8-19-44(38)50(47(41)46(40)49)35-27-25-32(26-28-35)31-21-23-33(24-22-31)36-16-10-17-42-39-15-6-9-20-45(39)51-48(36)42;1-2-10-35(11-3-1)49-43-15-7-4-12-37(43)40-27-28-41-38-13-5-8-16-44(38)50(48(41)47(40)49)36-25-22-32(23-26-36)31-18-20-33(21-19-31)34-24-29-46-42(30-34)39-14-6-9-17-45(39)51-46;1-2-12-29(13-3-1)43-37-18-7-4-15-31(37)34-22-23-35-32-16-5-8-19-38(32)44(42(35)41(34)43)30-14-10-11-27(25-30)28-21-24-40-36(26-28)33-17-6-9-20-39(33)45-40/h2*1-30H;1-26H. The van der Waals surface area contributed by atoms with E-state index in [-0.39, 0.29) is 0 Å². The number of hydrogen-bond donors (Lipinski definition) is 0. The highest BCUT2D eigenvalue weighted by molar-refractivity contribution is 6.28. The van der Waals surface area contributed by atoms with Crippen molar-refractivity contribution < 1.29 is 13.3 Å². The van der Waals surface area contributed by atoms with Gasteiger partial charge in [-0.05, 0) is 202 Å². The zero-order valence-electron chi connectivity index (χ0n) is 79.6. The highest BCUT2D eigenvalue weighted by Gasteiger charge is 2.28. The first-order valence-corrected chi connectivity index (χ1v) is 50.2. The van der Waals surface area contributed by atoms with Crippen LogP contribution in [0, 0.1) is 0 Å². The van der Waals surface area contributed by atoms with E-state index in [0.29, 0.717) is 0 Å². The van der Waals surface area contributed by atoms with Crippen molar-refractivity contribution in [2.45, 2.75) is 0 Å². The van der Waals surface area contributed by atoms with Crippen molar-refractivity contribution in [1.29, 1.82) is 0 Å². The first kappa shape index (κ1) is 83.1. The summed E-state index contributed by atoms with van der Waals surface area (Å²) in [4.78, 5) is 0. The number of hydrogen-bond acceptors (Lipinski definition) is 3. The maximum absolute atomic E-state index is 6.33. The van der Waals surface area contributed by atoms with Crippen LogP contribution in [0.5, 0.6) is 0 Å². The Morgan fingerprint density at radius 1 is 0.116 bits per heavy atom. The lowest BCUT2D eigenvalue weighted by molar-refractivity contribution is 0.668. The molecule has 0 aliphatic heterocycles. The molecule has 0 aliphatic rings. The molecule has 9 heterocycles. The van der Waals surface area contributed by atoms with E-state index in [4.69, 9.17) is 13.3 Å². The Morgan fingerprint density at radius 3 is 0.687 bits per heavy atom. The number of aromatic nitrogens is 6. The summed E-state index contributed by atoms with van der Waals surface area (Å²) in [5.41, 5.74) is 38.6. The maximum Gasteiger partial charge on any atom is 0.143 e. The second kappa shape index (κ2) is 33.5. The summed E-state index contributed by atoms with van der Waals surface area (Å²) in [6.07, 6.45) is 0. The second-order valence-electron chi connectivity index (χ2n) is 38.4. The number of rotatable bonds is 11. The molecule has 0 radical (unpaired) electrons. The van der Waals surface area contributed by atoms with Crippen LogP contribution in [0.4, 0.5) is 0 Å². The lowest BCUT2D eigenvalue weighted by Gasteiger charge is -2.13. The highest BCUT2D eigenvalue weighted by atomic mass is 16.3. The third kappa shape index (κ3) is 13.2. The van der Waals surface area contributed by atoms with E-state index in [1.54, 1.807) is 0 Å². The molecule has 0 atom stereocenters. The molecule has 686 valence electrons. The van der Waals surface area contributed by atoms with E-state index >= 15 is 0 Å². The van der Waals surface area contributed by atoms with Gasteiger partial charge in [0.25, 0.3) is 0 Å². The monoisotopic (exact) mass is 1870 g/mol. The van der Waals surface area contributed by atoms with Crippen molar-refractivity contribution in [3.8, 4) is 89.8 Å². The molecular formula is C138H86N6O3.